The average molecular weight is 488 g/mol. The molecule has 0 radical (unpaired) electrons. The van der Waals surface area contributed by atoms with Gasteiger partial charge in [-0.25, -0.2) is 4.79 Å². The normalized spacial score (nSPS) is 18.3. The van der Waals surface area contributed by atoms with E-state index in [4.69, 9.17) is 4.65 Å². The van der Waals surface area contributed by atoms with E-state index in [-0.39, 0.29) is 34.9 Å². The number of carboxylic acids is 1. The molecule has 0 saturated heterocycles. The molecule has 1 saturated carbocycles. The molecule has 0 aromatic heterocycles. The zero-order valence-corrected chi connectivity index (χ0v) is 18.6. The van der Waals surface area contributed by atoms with Crippen molar-refractivity contribution in [3.63, 3.8) is 0 Å². The molecule has 1 unspecified atom stereocenters. The van der Waals surface area contributed by atoms with E-state index in [1.807, 2.05) is 0 Å². The second-order valence-corrected chi connectivity index (χ2v) is 9.88. The smallest absolute Gasteiger partial charge is 0.534 e. The molecule has 4 rings (SSSR count). The number of carbonyl (C=O) groups is 3. The van der Waals surface area contributed by atoms with E-state index in [1.165, 1.54) is 36.4 Å². The zero-order valence-electron chi connectivity index (χ0n) is 17.7. The lowest BCUT2D eigenvalue weighted by Crippen LogP contribution is -2.55. The minimum absolute atomic E-state index is 0.0274. The molecule has 6 N–H and O–H groups in total. The molecule has 2 aliphatic rings. The third kappa shape index (κ3) is 5.15. The van der Waals surface area contributed by atoms with Gasteiger partial charge in [-0.1, -0.05) is 24.3 Å². The number of benzene rings is 2. The van der Waals surface area contributed by atoms with E-state index < -0.39 is 38.6 Å². The largest absolute Gasteiger partial charge is 0.547 e. The van der Waals surface area contributed by atoms with Gasteiger partial charge >= 0.3 is 20.7 Å². The second kappa shape index (κ2) is 9.23. The molecule has 1 aliphatic carbocycles. The van der Waals surface area contributed by atoms with Crippen LogP contribution in [0, 0.1) is 5.92 Å². The molecule has 34 heavy (non-hydrogen) atoms. The number of carboxylic acid groups (broad SMARTS) is 1. The topological polar surface area (TPSA) is 182 Å². The molecule has 1 fully saturated rings. The summed E-state index contributed by atoms with van der Waals surface area (Å²) in [5.74, 6) is -3.30. The van der Waals surface area contributed by atoms with Crippen LogP contribution in [0.5, 0.6) is 5.75 Å². The lowest BCUT2D eigenvalue weighted by atomic mass is 9.72. The highest BCUT2D eigenvalue weighted by Gasteiger charge is 2.40. The van der Waals surface area contributed by atoms with Gasteiger partial charge in [-0.05, 0) is 48.6 Å². The minimum Gasteiger partial charge on any atom is -0.534 e. The molecule has 1 aliphatic heterocycles. The third-order valence-corrected chi connectivity index (χ3v) is 6.71. The summed E-state index contributed by atoms with van der Waals surface area (Å²) < 4.78 is 16.8. The molecule has 2 atom stereocenters. The van der Waals surface area contributed by atoms with Crippen molar-refractivity contribution in [3.05, 3.63) is 59.2 Å². The maximum atomic E-state index is 13.2. The van der Waals surface area contributed by atoms with E-state index in [2.05, 4.69) is 10.6 Å². The van der Waals surface area contributed by atoms with Crippen LogP contribution < -0.4 is 20.6 Å². The van der Waals surface area contributed by atoms with Crippen LogP contribution in [-0.4, -0.2) is 50.8 Å². The van der Waals surface area contributed by atoms with Gasteiger partial charge in [0, 0.05) is 5.92 Å². The van der Waals surface area contributed by atoms with E-state index in [0.717, 1.165) is 0 Å². The Labute approximate surface area is 194 Å². The fourth-order valence-corrected chi connectivity index (χ4v) is 4.29. The Morgan fingerprint density at radius 3 is 2.35 bits per heavy atom. The molecule has 0 spiro atoms. The van der Waals surface area contributed by atoms with Gasteiger partial charge in [-0.2, -0.15) is 0 Å². The van der Waals surface area contributed by atoms with Gasteiger partial charge < -0.3 is 35.2 Å². The zero-order chi connectivity index (χ0) is 24.6. The van der Waals surface area contributed by atoms with Gasteiger partial charge in [0.1, 0.15) is 11.8 Å². The number of para-hydroxylation sites is 1. The Bertz CT molecular complexity index is 1180. The molecule has 178 valence electrons. The SMILES string of the molecule is O=C(O)c1cccc2c1OB(O)[C@@H](NC(=O)C(NC(=O)C1CC1)c1ccc(P(=O)(O)O)cc1)C2. The summed E-state index contributed by atoms with van der Waals surface area (Å²) in [4.78, 5) is 55.6. The van der Waals surface area contributed by atoms with Gasteiger partial charge in [0.2, 0.25) is 11.8 Å². The maximum Gasteiger partial charge on any atom is 0.547 e. The molecule has 13 heteroatoms. The van der Waals surface area contributed by atoms with Gasteiger partial charge in [0.15, 0.2) is 0 Å². The van der Waals surface area contributed by atoms with Gasteiger partial charge in [-0.15, -0.1) is 0 Å². The first-order valence-corrected chi connectivity index (χ1v) is 12.1. The number of carbonyl (C=O) groups excluding carboxylic acids is 2. The van der Waals surface area contributed by atoms with Gasteiger partial charge in [-0.3, -0.25) is 14.2 Å². The predicted molar refractivity (Wildman–Crippen MR) is 119 cm³/mol. The molecule has 11 nitrogen and oxygen atoms in total. The maximum absolute atomic E-state index is 13.2. The molecular weight excluding hydrogens is 466 g/mol. The summed E-state index contributed by atoms with van der Waals surface area (Å²) in [6.07, 6.45) is 1.49. The van der Waals surface area contributed by atoms with Crippen molar-refractivity contribution < 1.29 is 43.5 Å². The van der Waals surface area contributed by atoms with Crippen LogP contribution in [-0.2, 0) is 20.6 Å². The first kappa shape index (κ1) is 24.0. The van der Waals surface area contributed by atoms with Crippen LogP contribution in [0.4, 0.5) is 0 Å². The summed E-state index contributed by atoms with van der Waals surface area (Å²) in [5, 5.41) is 24.8. The van der Waals surface area contributed by atoms with Gasteiger partial charge in [0.05, 0.1) is 16.8 Å². The highest BCUT2D eigenvalue weighted by molar-refractivity contribution is 7.60. The van der Waals surface area contributed by atoms with Gasteiger partial charge in [0.25, 0.3) is 0 Å². The number of hydrogen-bond donors (Lipinski definition) is 6. The third-order valence-electron chi connectivity index (χ3n) is 5.74. The highest BCUT2D eigenvalue weighted by atomic mass is 31.2. The summed E-state index contributed by atoms with van der Waals surface area (Å²) in [5.41, 5.74) is 0.671. The van der Waals surface area contributed by atoms with Crippen molar-refractivity contribution in [1.82, 2.24) is 10.6 Å². The number of nitrogens with one attached hydrogen (secondary N) is 2. The second-order valence-electron chi connectivity index (χ2n) is 8.28. The van der Waals surface area contributed by atoms with Crippen molar-refractivity contribution in [1.29, 1.82) is 0 Å². The first-order chi connectivity index (χ1) is 16.0. The Morgan fingerprint density at radius 1 is 1.09 bits per heavy atom. The van der Waals surface area contributed by atoms with E-state index >= 15 is 0 Å². The minimum atomic E-state index is -4.48. The van der Waals surface area contributed by atoms with Crippen molar-refractivity contribution in [2.24, 2.45) is 5.92 Å². The molecular formula is C21H22BN2O9P. The Hall–Kier alpha value is -3.18. The van der Waals surface area contributed by atoms with Crippen molar-refractivity contribution >= 4 is 37.8 Å². The molecule has 0 bridgehead atoms. The lowest BCUT2D eigenvalue weighted by Gasteiger charge is -2.30. The number of rotatable bonds is 7. The van der Waals surface area contributed by atoms with Crippen LogP contribution >= 0.6 is 7.60 Å². The fourth-order valence-electron chi connectivity index (χ4n) is 3.75. The Morgan fingerprint density at radius 2 is 1.76 bits per heavy atom. The molecule has 2 amide bonds. The number of amides is 2. The molecule has 2 aromatic rings. The highest BCUT2D eigenvalue weighted by Crippen LogP contribution is 2.34. The number of aromatic carboxylic acids is 1. The number of hydrogen-bond acceptors (Lipinski definition) is 6. The van der Waals surface area contributed by atoms with Crippen LogP contribution in [0.25, 0.3) is 0 Å². The van der Waals surface area contributed by atoms with Crippen molar-refractivity contribution in [2.45, 2.75) is 31.2 Å². The standard InChI is InChI=1S/C21H22BN2O9P/c25-19(12-4-5-12)24-17(11-6-8-14(9-7-11)34(30,31)32)20(26)23-16-10-13-2-1-3-15(21(27)28)18(13)33-22(16)29/h1-3,6-9,12,16-17,29H,4-5,10H2,(H,23,26)(H,24,25)(H,27,28)(H2,30,31,32)/t16-,17?/m0/s1. The Balaban J connectivity index is 1.56. The van der Waals surface area contributed by atoms with Crippen LogP contribution in [0.15, 0.2) is 42.5 Å². The summed E-state index contributed by atoms with van der Waals surface area (Å²) >= 11 is 0. The summed E-state index contributed by atoms with van der Waals surface area (Å²) in [6, 6.07) is 8.37. The van der Waals surface area contributed by atoms with E-state index in [1.54, 1.807) is 6.07 Å². The van der Waals surface area contributed by atoms with Crippen LogP contribution in [0.3, 0.4) is 0 Å². The van der Waals surface area contributed by atoms with Crippen molar-refractivity contribution in [2.75, 3.05) is 0 Å². The Kier molecular flexibility index (Phi) is 6.50. The monoisotopic (exact) mass is 488 g/mol. The predicted octanol–water partition coefficient (Wildman–Crippen LogP) is -0.105. The van der Waals surface area contributed by atoms with Crippen LogP contribution in [0.1, 0.15) is 40.4 Å². The molecule has 2 aromatic carbocycles. The molecule has 1 heterocycles. The first-order valence-electron chi connectivity index (χ1n) is 10.5. The summed E-state index contributed by atoms with van der Waals surface area (Å²) in [7, 11) is -6.02. The average Bonchev–Trinajstić information content (AvgIpc) is 3.62. The van der Waals surface area contributed by atoms with Crippen LogP contribution in [0.2, 0.25) is 0 Å². The number of fused-ring (bicyclic) bond motifs is 1. The van der Waals surface area contributed by atoms with E-state index in [0.29, 0.717) is 24.0 Å². The fraction of sp³-hybridized carbons (Fsp3) is 0.286. The quantitative estimate of drug-likeness (QED) is 0.229. The van der Waals surface area contributed by atoms with E-state index in [9.17, 15) is 38.9 Å². The summed E-state index contributed by atoms with van der Waals surface area (Å²) in [6.45, 7) is 0. The lowest BCUT2D eigenvalue weighted by molar-refractivity contribution is -0.130. The van der Waals surface area contributed by atoms with Crippen molar-refractivity contribution in [3.8, 4) is 5.75 Å².